The molecule has 0 amide bonds. The summed E-state index contributed by atoms with van der Waals surface area (Å²) in [6, 6.07) is 12.9. The number of likely N-dealkylation sites (N-methyl/N-ethyl adjacent to an activating group) is 1. The van der Waals surface area contributed by atoms with E-state index in [9.17, 15) is 9.18 Å². The van der Waals surface area contributed by atoms with Gasteiger partial charge in [0.1, 0.15) is 11.9 Å². The molecule has 2 aromatic carbocycles. The zero-order chi connectivity index (χ0) is 24.6. The Kier molecular flexibility index (Phi) is 6.73. The van der Waals surface area contributed by atoms with Crippen molar-refractivity contribution in [3.63, 3.8) is 0 Å². The van der Waals surface area contributed by atoms with Gasteiger partial charge in [0.05, 0.1) is 17.0 Å². The molecule has 3 aliphatic rings. The lowest BCUT2D eigenvalue weighted by atomic mass is 9.83. The van der Waals surface area contributed by atoms with Gasteiger partial charge in [-0.1, -0.05) is 31.2 Å². The summed E-state index contributed by atoms with van der Waals surface area (Å²) in [5.74, 6) is -0.190. The first kappa shape index (κ1) is 24.1. The Bertz CT molecular complexity index is 1060. The molecule has 3 aliphatic heterocycles. The largest absolute Gasteiger partial charge is 0.457 e. The molecule has 3 heterocycles. The van der Waals surface area contributed by atoms with Gasteiger partial charge < -0.3 is 25.2 Å². The lowest BCUT2D eigenvalue weighted by molar-refractivity contribution is -0.150. The molecule has 1 saturated heterocycles. The van der Waals surface area contributed by atoms with Gasteiger partial charge in [-0.25, -0.2) is 4.39 Å². The topological polar surface area (TPSA) is 62.0 Å². The molecule has 1 unspecified atom stereocenters. The van der Waals surface area contributed by atoms with Gasteiger partial charge in [0.15, 0.2) is 0 Å². The average molecular weight is 481 g/mol. The zero-order valence-corrected chi connectivity index (χ0v) is 20.9. The van der Waals surface area contributed by atoms with Crippen molar-refractivity contribution in [2.24, 2.45) is 5.73 Å². The molecule has 6 nitrogen and oxygen atoms in total. The van der Waals surface area contributed by atoms with Crippen LogP contribution < -0.4 is 15.5 Å². The number of ether oxygens (including phenoxy) is 1. The fourth-order valence-corrected chi connectivity index (χ4v) is 6.14. The minimum atomic E-state index is -0.344. The Morgan fingerprint density at radius 3 is 2.77 bits per heavy atom. The number of para-hydroxylation sites is 1. The summed E-state index contributed by atoms with van der Waals surface area (Å²) in [7, 11) is 2.16. The van der Waals surface area contributed by atoms with Gasteiger partial charge in [-0.2, -0.15) is 0 Å². The lowest BCUT2D eigenvalue weighted by Crippen LogP contribution is -2.64. The fraction of sp³-hybridized carbons (Fsp3) is 0.536. The van der Waals surface area contributed by atoms with E-state index in [4.69, 9.17) is 10.5 Å². The standard InChI is InChI=1S/C28H37FN4O2/c1-3-6-26(34)35-25(20-10-12-21(29)13-11-20)9-5-15-32-16-14-28(30)23(19-32)22-7-4-8-24-27(22)33(28)18-17-31(24)2/h4,7-8,10-13,23,25H,3,5-6,9,14-19,30H2,1-2H3/t23?,25-,28-/m0/s1. The van der Waals surface area contributed by atoms with E-state index in [2.05, 4.69) is 39.9 Å². The number of rotatable bonds is 8. The van der Waals surface area contributed by atoms with Crippen LogP contribution in [0.5, 0.6) is 0 Å². The summed E-state index contributed by atoms with van der Waals surface area (Å²) in [5.41, 5.74) is 11.6. The van der Waals surface area contributed by atoms with Gasteiger partial charge in [-0.05, 0) is 61.6 Å². The maximum atomic E-state index is 13.4. The molecule has 0 spiro atoms. The number of nitrogens with two attached hydrogens (primary N) is 1. The first-order valence-corrected chi connectivity index (χ1v) is 13.0. The number of piperidine rings is 1. The quantitative estimate of drug-likeness (QED) is 0.565. The molecule has 35 heavy (non-hydrogen) atoms. The number of carbonyl (C=O) groups excluding carboxylic acids is 1. The fourth-order valence-electron chi connectivity index (χ4n) is 6.14. The number of esters is 1. The molecular weight excluding hydrogens is 443 g/mol. The van der Waals surface area contributed by atoms with Gasteiger partial charge in [0.2, 0.25) is 0 Å². The van der Waals surface area contributed by atoms with Gasteiger partial charge in [0.25, 0.3) is 0 Å². The number of hydrogen-bond acceptors (Lipinski definition) is 6. The predicted molar refractivity (Wildman–Crippen MR) is 137 cm³/mol. The average Bonchev–Trinajstić information content (AvgIpc) is 3.10. The maximum Gasteiger partial charge on any atom is 0.306 e. The van der Waals surface area contributed by atoms with Gasteiger partial charge in [0, 0.05) is 45.6 Å². The number of carbonyl (C=O) groups is 1. The van der Waals surface area contributed by atoms with Crippen LogP contribution in [-0.4, -0.2) is 56.3 Å². The number of halogens is 1. The van der Waals surface area contributed by atoms with E-state index < -0.39 is 0 Å². The van der Waals surface area contributed by atoms with Crippen molar-refractivity contribution in [2.75, 3.05) is 49.6 Å². The molecule has 2 aromatic rings. The molecule has 5 rings (SSSR count). The monoisotopic (exact) mass is 480 g/mol. The first-order valence-electron chi connectivity index (χ1n) is 13.0. The molecule has 2 N–H and O–H groups in total. The highest BCUT2D eigenvalue weighted by atomic mass is 19.1. The Morgan fingerprint density at radius 1 is 1.20 bits per heavy atom. The van der Waals surface area contributed by atoms with E-state index in [1.54, 1.807) is 12.1 Å². The van der Waals surface area contributed by atoms with E-state index in [0.717, 1.165) is 57.5 Å². The minimum Gasteiger partial charge on any atom is -0.457 e. The minimum absolute atomic E-state index is 0.193. The third-order valence-corrected chi connectivity index (χ3v) is 8.05. The Balaban J connectivity index is 1.25. The van der Waals surface area contributed by atoms with Crippen LogP contribution in [0, 0.1) is 5.82 Å². The summed E-state index contributed by atoms with van der Waals surface area (Å²) in [5, 5.41) is 0. The van der Waals surface area contributed by atoms with Crippen LogP contribution in [0.15, 0.2) is 42.5 Å². The molecule has 0 bridgehead atoms. The van der Waals surface area contributed by atoms with Gasteiger partial charge in [-0.15, -0.1) is 0 Å². The number of benzene rings is 2. The van der Waals surface area contributed by atoms with Crippen LogP contribution in [0.2, 0.25) is 0 Å². The number of fused-ring (bicyclic) bond motifs is 3. The van der Waals surface area contributed by atoms with E-state index in [0.29, 0.717) is 12.8 Å². The smallest absolute Gasteiger partial charge is 0.306 e. The normalized spacial score (nSPS) is 24.2. The summed E-state index contributed by atoms with van der Waals surface area (Å²) in [4.78, 5) is 19.5. The third-order valence-electron chi connectivity index (χ3n) is 8.05. The molecule has 7 heteroatoms. The van der Waals surface area contributed by atoms with Crippen molar-refractivity contribution < 1.29 is 13.9 Å². The SMILES string of the molecule is CCCC(=O)O[C@@H](CCCN1CC[C@@]2(N)C(C1)c1cccc3c1N2CCN3C)c1ccc(F)cc1. The van der Waals surface area contributed by atoms with Crippen molar-refractivity contribution in [3.05, 3.63) is 59.4 Å². The van der Waals surface area contributed by atoms with Crippen molar-refractivity contribution in [1.29, 1.82) is 0 Å². The van der Waals surface area contributed by atoms with Crippen molar-refractivity contribution in [1.82, 2.24) is 4.90 Å². The van der Waals surface area contributed by atoms with Crippen LogP contribution in [0.25, 0.3) is 0 Å². The van der Waals surface area contributed by atoms with Crippen LogP contribution in [-0.2, 0) is 9.53 Å². The van der Waals surface area contributed by atoms with Gasteiger partial charge >= 0.3 is 5.97 Å². The molecule has 0 aromatic heterocycles. The Labute approximate surface area is 207 Å². The zero-order valence-electron chi connectivity index (χ0n) is 20.9. The molecule has 1 fully saturated rings. The molecule has 0 radical (unpaired) electrons. The first-order chi connectivity index (χ1) is 16.9. The maximum absolute atomic E-state index is 13.4. The van der Waals surface area contributed by atoms with Crippen LogP contribution in [0.4, 0.5) is 15.8 Å². The van der Waals surface area contributed by atoms with E-state index >= 15 is 0 Å². The summed E-state index contributed by atoms with van der Waals surface area (Å²) >= 11 is 0. The second kappa shape index (κ2) is 9.78. The molecule has 0 saturated carbocycles. The highest BCUT2D eigenvalue weighted by Gasteiger charge is 2.53. The Hall–Kier alpha value is -2.64. The number of likely N-dealkylation sites (tertiary alicyclic amines) is 1. The Morgan fingerprint density at radius 2 is 2.00 bits per heavy atom. The second-order valence-electron chi connectivity index (χ2n) is 10.3. The molecule has 0 aliphatic carbocycles. The third kappa shape index (κ3) is 4.52. The number of hydrogen-bond donors (Lipinski definition) is 1. The van der Waals surface area contributed by atoms with E-state index in [1.165, 1.54) is 29.1 Å². The summed E-state index contributed by atoms with van der Waals surface area (Å²) < 4.78 is 19.2. The van der Waals surface area contributed by atoms with Crippen molar-refractivity contribution in [3.8, 4) is 0 Å². The number of anilines is 2. The van der Waals surface area contributed by atoms with Gasteiger partial charge in [-0.3, -0.25) is 4.79 Å². The van der Waals surface area contributed by atoms with Crippen LogP contribution in [0.3, 0.4) is 0 Å². The number of nitrogens with zero attached hydrogens (tertiary/aromatic N) is 3. The van der Waals surface area contributed by atoms with Crippen LogP contribution >= 0.6 is 0 Å². The lowest BCUT2D eigenvalue weighted by Gasteiger charge is -2.48. The highest BCUT2D eigenvalue weighted by Crippen LogP contribution is 2.53. The highest BCUT2D eigenvalue weighted by molar-refractivity contribution is 5.81. The van der Waals surface area contributed by atoms with Crippen LogP contribution in [0.1, 0.15) is 62.2 Å². The molecular formula is C28H37FN4O2. The summed E-state index contributed by atoms with van der Waals surface area (Å²) in [6.07, 6.45) is 3.35. The van der Waals surface area contributed by atoms with E-state index in [-0.39, 0.29) is 29.5 Å². The van der Waals surface area contributed by atoms with Crippen molar-refractivity contribution >= 4 is 17.3 Å². The van der Waals surface area contributed by atoms with Crippen molar-refractivity contribution in [2.45, 2.75) is 56.7 Å². The van der Waals surface area contributed by atoms with E-state index in [1.807, 2.05) is 6.92 Å². The summed E-state index contributed by atoms with van der Waals surface area (Å²) in [6.45, 7) is 6.74. The molecule has 3 atom stereocenters. The second-order valence-corrected chi connectivity index (χ2v) is 10.3. The molecule has 188 valence electrons. The predicted octanol–water partition coefficient (Wildman–Crippen LogP) is 4.40.